The summed E-state index contributed by atoms with van der Waals surface area (Å²) >= 11 is 1.91. The summed E-state index contributed by atoms with van der Waals surface area (Å²) in [6, 6.07) is 0.791. The molecule has 2 heterocycles. The maximum absolute atomic E-state index is 4.16. The van der Waals surface area contributed by atoms with E-state index in [2.05, 4.69) is 16.6 Å². The highest BCUT2D eigenvalue weighted by atomic mass is 32.2. The first-order valence-electron chi connectivity index (χ1n) is 5.69. The van der Waals surface area contributed by atoms with Crippen molar-refractivity contribution in [2.24, 2.45) is 7.05 Å². The summed E-state index contributed by atoms with van der Waals surface area (Å²) in [6.45, 7) is 1.22. The van der Waals surface area contributed by atoms with Gasteiger partial charge in [-0.25, -0.2) is 0 Å². The van der Waals surface area contributed by atoms with E-state index in [1.165, 1.54) is 42.9 Å². The molecule has 4 heteroatoms. The second kappa shape index (κ2) is 5.56. The summed E-state index contributed by atoms with van der Waals surface area (Å²) in [5, 5.41) is 7.69. The van der Waals surface area contributed by atoms with Gasteiger partial charge in [-0.15, -0.1) is 11.8 Å². The lowest BCUT2D eigenvalue weighted by Crippen LogP contribution is -2.20. The Balaban J connectivity index is 1.58. The molecule has 0 aromatic carbocycles. The van der Waals surface area contributed by atoms with Crippen molar-refractivity contribution in [2.75, 3.05) is 12.3 Å². The second-order valence-electron chi connectivity index (χ2n) is 4.13. The third-order valence-electron chi connectivity index (χ3n) is 2.81. The van der Waals surface area contributed by atoms with Crippen LogP contribution in [0.5, 0.6) is 0 Å². The number of hydrogen-bond donors (Lipinski definition) is 1. The van der Waals surface area contributed by atoms with E-state index in [1.54, 1.807) is 0 Å². The van der Waals surface area contributed by atoms with Crippen LogP contribution in [0.1, 0.15) is 25.7 Å². The highest BCUT2D eigenvalue weighted by Gasteiger charge is 2.12. The molecular weight excluding hydrogens is 206 g/mol. The van der Waals surface area contributed by atoms with E-state index in [9.17, 15) is 0 Å². The Bertz CT molecular complexity index is 292. The highest BCUT2D eigenvalue weighted by molar-refractivity contribution is 7.99. The summed E-state index contributed by atoms with van der Waals surface area (Å²) in [6.07, 6.45) is 9.39. The van der Waals surface area contributed by atoms with Gasteiger partial charge in [0.25, 0.3) is 0 Å². The van der Waals surface area contributed by atoms with Gasteiger partial charge in [-0.3, -0.25) is 4.68 Å². The summed E-state index contributed by atoms with van der Waals surface area (Å²) in [4.78, 5) is 1.29. The van der Waals surface area contributed by atoms with Gasteiger partial charge in [-0.2, -0.15) is 5.10 Å². The zero-order valence-electron chi connectivity index (χ0n) is 9.28. The van der Waals surface area contributed by atoms with Gasteiger partial charge >= 0.3 is 0 Å². The normalized spacial score (nSPS) is 21.0. The molecule has 1 N–H and O–H groups in total. The van der Waals surface area contributed by atoms with Crippen LogP contribution in [-0.2, 0) is 7.05 Å². The van der Waals surface area contributed by atoms with Crippen molar-refractivity contribution >= 4 is 11.8 Å². The van der Waals surface area contributed by atoms with Crippen LogP contribution < -0.4 is 5.32 Å². The Morgan fingerprint density at radius 3 is 3.27 bits per heavy atom. The van der Waals surface area contributed by atoms with Gasteiger partial charge in [0.1, 0.15) is 0 Å². The number of nitrogens with one attached hydrogen (secondary N) is 1. The van der Waals surface area contributed by atoms with Crippen LogP contribution in [0.25, 0.3) is 0 Å². The number of hydrogen-bond acceptors (Lipinski definition) is 3. The number of rotatable bonds is 5. The largest absolute Gasteiger partial charge is 0.314 e. The van der Waals surface area contributed by atoms with Crippen LogP contribution in [0.15, 0.2) is 17.3 Å². The molecule has 0 aliphatic carbocycles. The lowest BCUT2D eigenvalue weighted by atomic mass is 10.1. The molecule has 2 rings (SSSR count). The van der Waals surface area contributed by atoms with Crippen molar-refractivity contribution in [2.45, 2.75) is 36.6 Å². The van der Waals surface area contributed by atoms with Gasteiger partial charge in [0, 0.05) is 24.2 Å². The van der Waals surface area contributed by atoms with Gasteiger partial charge in [0.2, 0.25) is 0 Å². The first kappa shape index (κ1) is 11.0. The SMILES string of the molecule is Cn1cc(SCCCC2CCCN2)cn1. The van der Waals surface area contributed by atoms with E-state index < -0.39 is 0 Å². The van der Waals surface area contributed by atoms with Crippen molar-refractivity contribution in [3.8, 4) is 0 Å². The molecule has 1 aromatic rings. The standard InChI is InChI=1S/C11H19N3S/c1-14-9-11(8-13-14)15-7-3-5-10-4-2-6-12-10/h8-10,12H,2-7H2,1H3. The summed E-state index contributed by atoms with van der Waals surface area (Å²) in [5.41, 5.74) is 0. The Kier molecular flexibility index (Phi) is 4.09. The van der Waals surface area contributed by atoms with Crippen LogP contribution >= 0.6 is 11.8 Å². The van der Waals surface area contributed by atoms with Gasteiger partial charge < -0.3 is 5.32 Å². The number of aromatic nitrogens is 2. The minimum absolute atomic E-state index is 0.791. The highest BCUT2D eigenvalue weighted by Crippen LogP contribution is 2.19. The monoisotopic (exact) mass is 225 g/mol. The molecule has 84 valence electrons. The Morgan fingerprint density at radius 2 is 2.60 bits per heavy atom. The van der Waals surface area contributed by atoms with Gasteiger partial charge in [-0.1, -0.05) is 0 Å². The van der Waals surface area contributed by atoms with Crippen LogP contribution in [-0.4, -0.2) is 28.1 Å². The average molecular weight is 225 g/mol. The predicted molar refractivity (Wildman–Crippen MR) is 64.2 cm³/mol. The third kappa shape index (κ3) is 3.54. The minimum Gasteiger partial charge on any atom is -0.314 e. The molecule has 1 fully saturated rings. The van der Waals surface area contributed by atoms with Gasteiger partial charge in [0.05, 0.1) is 6.20 Å². The van der Waals surface area contributed by atoms with E-state index in [0.29, 0.717) is 0 Å². The zero-order valence-corrected chi connectivity index (χ0v) is 10.1. The van der Waals surface area contributed by atoms with Crippen LogP contribution in [0, 0.1) is 0 Å². The molecule has 0 bridgehead atoms. The van der Waals surface area contributed by atoms with E-state index in [-0.39, 0.29) is 0 Å². The lowest BCUT2D eigenvalue weighted by Gasteiger charge is -2.08. The van der Waals surface area contributed by atoms with Crippen LogP contribution in [0.2, 0.25) is 0 Å². The summed E-state index contributed by atoms with van der Waals surface area (Å²) < 4.78 is 1.86. The maximum Gasteiger partial charge on any atom is 0.0625 e. The molecule has 1 unspecified atom stereocenters. The van der Waals surface area contributed by atoms with Crippen LogP contribution in [0.3, 0.4) is 0 Å². The minimum atomic E-state index is 0.791. The lowest BCUT2D eigenvalue weighted by molar-refractivity contribution is 0.553. The molecule has 0 saturated carbocycles. The van der Waals surface area contributed by atoms with Gasteiger partial charge in [0.15, 0.2) is 0 Å². The summed E-state index contributed by atoms with van der Waals surface area (Å²) in [5.74, 6) is 1.21. The fraction of sp³-hybridized carbons (Fsp3) is 0.727. The fourth-order valence-corrected chi connectivity index (χ4v) is 2.89. The van der Waals surface area contributed by atoms with Crippen LogP contribution in [0.4, 0.5) is 0 Å². The van der Waals surface area contributed by atoms with Crippen molar-refractivity contribution in [1.82, 2.24) is 15.1 Å². The fourth-order valence-electron chi connectivity index (χ4n) is 2.00. The summed E-state index contributed by atoms with van der Waals surface area (Å²) in [7, 11) is 1.96. The topological polar surface area (TPSA) is 29.9 Å². The first-order chi connectivity index (χ1) is 7.34. The number of thioether (sulfide) groups is 1. The Labute approximate surface area is 95.6 Å². The van der Waals surface area contributed by atoms with E-state index >= 15 is 0 Å². The van der Waals surface area contributed by atoms with E-state index in [1.807, 2.05) is 29.7 Å². The quantitative estimate of drug-likeness (QED) is 0.614. The molecular formula is C11H19N3S. The molecule has 1 atom stereocenters. The zero-order chi connectivity index (χ0) is 10.5. The van der Waals surface area contributed by atoms with E-state index in [4.69, 9.17) is 0 Å². The molecule has 3 nitrogen and oxygen atoms in total. The third-order valence-corrected chi connectivity index (χ3v) is 3.85. The smallest absolute Gasteiger partial charge is 0.0625 e. The molecule has 1 saturated heterocycles. The van der Waals surface area contributed by atoms with Gasteiger partial charge in [-0.05, 0) is 38.0 Å². The van der Waals surface area contributed by atoms with Crippen molar-refractivity contribution < 1.29 is 0 Å². The van der Waals surface area contributed by atoms with Crippen molar-refractivity contribution in [1.29, 1.82) is 0 Å². The molecule has 1 aromatic heterocycles. The number of aryl methyl sites for hydroxylation is 1. The van der Waals surface area contributed by atoms with Crippen molar-refractivity contribution in [3.63, 3.8) is 0 Å². The first-order valence-corrected chi connectivity index (χ1v) is 6.68. The maximum atomic E-state index is 4.16. The molecule has 0 radical (unpaired) electrons. The Morgan fingerprint density at radius 1 is 1.67 bits per heavy atom. The van der Waals surface area contributed by atoms with Crippen molar-refractivity contribution in [3.05, 3.63) is 12.4 Å². The molecule has 0 spiro atoms. The molecule has 1 aliphatic heterocycles. The van der Waals surface area contributed by atoms with E-state index in [0.717, 1.165) is 6.04 Å². The molecule has 0 amide bonds. The Hall–Kier alpha value is -0.480. The second-order valence-corrected chi connectivity index (χ2v) is 5.30. The number of nitrogens with zero attached hydrogens (tertiary/aromatic N) is 2. The molecule has 1 aliphatic rings. The molecule has 15 heavy (non-hydrogen) atoms. The predicted octanol–water partition coefficient (Wildman–Crippen LogP) is 2.04. The average Bonchev–Trinajstić information content (AvgIpc) is 2.84.